The molecule has 19 heavy (non-hydrogen) atoms. The molecule has 3 aliphatic rings. The Hall–Kier alpha value is -0.600. The van der Waals surface area contributed by atoms with Crippen molar-refractivity contribution in [2.45, 2.75) is 30.2 Å². The molecule has 8 heteroatoms. The third kappa shape index (κ3) is 2.53. The molecule has 3 rings (SSSR count). The van der Waals surface area contributed by atoms with Crippen molar-refractivity contribution in [1.82, 2.24) is 4.90 Å². The Labute approximate surface area is 116 Å². The first-order valence-corrected chi connectivity index (χ1v) is 9.00. The lowest BCUT2D eigenvalue weighted by Gasteiger charge is -2.18. The number of thioether (sulfide) groups is 1. The zero-order chi connectivity index (χ0) is 13.6. The fourth-order valence-corrected chi connectivity index (χ4v) is 6.68. The van der Waals surface area contributed by atoms with E-state index < -0.39 is 15.9 Å². The fourth-order valence-electron chi connectivity index (χ4n) is 2.67. The summed E-state index contributed by atoms with van der Waals surface area (Å²) < 4.78 is 28.4. The van der Waals surface area contributed by atoms with Crippen LogP contribution in [0.15, 0.2) is 4.99 Å². The highest BCUT2D eigenvalue weighted by atomic mass is 32.2. The molecule has 106 valence electrons. The minimum atomic E-state index is -2.93. The van der Waals surface area contributed by atoms with Gasteiger partial charge in [-0.05, 0) is 12.8 Å². The van der Waals surface area contributed by atoms with Gasteiger partial charge in [-0.25, -0.2) is 8.42 Å². The van der Waals surface area contributed by atoms with Crippen LogP contribution in [0.4, 0.5) is 0 Å². The molecule has 0 spiro atoms. The van der Waals surface area contributed by atoms with Crippen molar-refractivity contribution in [3.05, 3.63) is 0 Å². The minimum Gasteiger partial charge on any atom is -0.368 e. The van der Waals surface area contributed by atoms with Crippen LogP contribution in [0.1, 0.15) is 12.8 Å². The van der Waals surface area contributed by atoms with E-state index in [-0.39, 0.29) is 28.7 Å². The first-order valence-electron chi connectivity index (χ1n) is 6.30. The van der Waals surface area contributed by atoms with Crippen LogP contribution in [0, 0.1) is 0 Å². The second-order valence-electron chi connectivity index (χ2n) is 5.15. The lowest BCUT2D eigenvalue weighted by atomic mass is 10.2. The summed E-state index contributed by atoms with van der Waals surface area (Å²) in [7, 11) is -1.13. The van der Waals surface area contributed by atoms with Crippen LogP contribution in [0.25, 0.3) is 0 Å². The highest BCUT2D eigenvalue weighted by molar-refractivity contribution is 8.15. The van der Waals surface area contributed by atoms with Crippen molar-refractivity contribution in [3.8, 4) is 0 Å². The predicted molar refractivity (Wildman–Crippen MR) is 73.0 cm³/mol. The van der Waals surface area contributed by atoms with E-state index in [0.717, 1.165) is 12.8 Å². The molecule has 0 bridgehead atoms. The SMILES string of the molecule is CN1C(=NC(=O)[C@@H]2CCCO2)S[C@@H]2CS(=O)(=O)C[C@@H]21. The van der Waals surface area contributed by atoms with E-state index in [4.69, 9.17) is 4.74 Å². The van der Waals surface area contributed by atoms with Crippen molar-refractivity contribution in [3.63, 3.8) is 0 Å². The highest BCUT2D eigenvalue weighted by Gasteiger charge is 2.47. The zero-order valence-corrected chi connectivity index (χ0v) is 12.2. The van der Waals surface area contributed by atoms with E-state index in [2.05, 4.69) is 4.99 Å². The van der Waals surface area contributed by atoms with Crippen LogP contribution >= 0.6 is 11.8 Å². The number of amides is 1. The lowest BCUT2D eigenvalue weighted by Crippen LogP contribution is -2.34. The Morgan fingerprint density at radius 2 is 2.26 bits per heavy atom. The van der Waals surface area contributed by atoms with Crippen LogP contribution in [-0.4, -0.2) is 66.9 Å². The van der Waals surface area contributed by atoms with Gasteiger partial charge in [-0.2, -0.15) is 4.99 Å². The largest absolute Gasteiger partial charge is 0.368 e. The van der Waals surface area contributed by atoms with Gasteiger partial charge in [-0.15, -0.1) is 0 Å². The molecule has 6 nitrogen and oxygen atoms in total. The molecule has 0 radical (unpaired) electrons. The summed E-state index contributed by atoms with van der Waals surface area (Å²) in [4.78, 5) is 17.9. The fraction of sp³-hybridized carbons (Fsp3) is 0.818. The van der Waals surface area contributed by atoms with Crippen LogP contribution < -0.4 is 0 Å². The monoisotopic (exact) mass is 304 g/mol. The second-order valence-corrected chi connectivity index (χ2v) is 8.51. The number of hydrogen-bond acceptors (Lipinski definition) is 5. The Morgan fingerprint density at radius 1 is 1.47 bits per heavy atom. The molecule has 0 N–H and O–H groups in total. The molecular formula is C11H16N2O4S2. The van der Waals surface area contributed by atoms with Crippen molar-refractivity contribution < 1.29 is 17.9 Å². The smallest absolute Gasteiger partial charge is 0.277 e. The normalized spacial score (nSPS) is 38.9. The Balaban J connectivity index is 1.73. The number of ether oxygens (including phenoxy) is 1. The molecule has 0 unspecified atom stereocenters. The van der Waals surface area contributed by atoms with Gasteiger partial charge in [0.05, 0.1) is 17.5 Å². The maximum atomic E-state index is 11.9. The summed E-state index contributed by atoms with van der Waals surface area (Å²) in [6, 6.07) is -0.0500. The molecule has 3 saturated heterocycles. The van der Waals surface area contributed by atoms with Gasteiger partial charge in [0.2, 0.25) is 0 Å². The van der Waals surface area contributed by atoms with Gasteiger partial charge in [0.15, 0.2) is 15.0 Å². The molecule has 0 aromatic rings. The Morgan fingerprint density at radius 3 is 2.89 bits per heavy atom. The van der Waals surface area contributed by atoms with E-state index in [1.807, 2.05) is 4.90 Å². The quantitative estimate of drug-likeness (QED) is 0.673. The van der Waals surface area contributed by atoms with Gasteiger partial charge >= 0.3 is 0 Å². The molecule has 0 aliphatic carbocycles. The van der Waals surface area contributed by atoms with Gasteiger partial charge in [0, 0.05) is 18.9 Å². The van der Waals surface area contributed by atoms with Crippen molar-refractivity contribution >= 4 is 32.7 Å². The van der Waals surface area contributed by atoms with Crippen LogP contribution in [0.2, 0.25) is 0 Å². The van der Waals surface area contributed by atoms with Gasteiger partial charge in [0.1, 0.15) is 6.10 Å². The lowest BCUT2D eigenvalue weighted by molar-refractivity contribution is -0.126. The summed E-state index contributed by atoms with van der Waals surface area (Å²) in [5.41, 5.74) is 0. The maximum Gasteiger partial charge on any atom is 0.277 e. The number of hydrogen-bond donors (Lipinski definition) is 0. The first kappa shape index (κ1) is 13.4. The van der Waals surface area contributed by atoms with E-state index in [9.17, 15) is 13.2 Å². The van der Waals surface area contributed by atoms with E-state index in [0.29, 0.717) is 11.8 Å². The van der Waals surface area contributed by atoms with E-state index in [1.165, 1.54) is 11.8 Å². The van der Waals surface area contributed by atoms with Crippen LogP contribution in [-0.2, 0) is 19.4 Å². The third-order valence-corrected chi connectivity index (χ3v) is 7.04. The van der Waals surface area contributed by atoms with Gasteiger partial charge in [-0.1, -0.05) is 11.8 Å². The molecule has 0 aromatic heterocycles. The molecule has 3 fully saturated rings. The molecule has 0 aromatic carbocycles. The molecule has 3 aliphatic heterocycles. The molecule has 0 saturated carbocycles. The summed E-state index contributed by atoms with van der Waals surface area (Å²) >= 11 is 1.40. The number of sulfone groups is 1. The summed E-state index contributed by atoms with van der Waals surface area (Å²) in [5.74, 6) is 0.100. The molecular weight excluding hydrogens is 288 g/mol. The molecule has 3 heterocycles. The highest BCUT2D eigenvalue weighted by Crippen LogP contribution is 2.37. The topological polar surface area (TPSA) is 76.0 Å². The standard InChI is InChI=1S/C11H16N2O4S2/c1-13-7-5-19(15,16)6-9(7)18-11(13)12-10(14)8-3-2-4-17-8/h7-9H,2-6H2,1H3/t7-,8-,9+/m0/s1. The number of rotatable bonds is 1. The van der Waals surface area contributed by atoms with Crippen LogP contribution in [0.3, 0.4) is 0 Å². The number of aliphatic imine (C=N–C) groups is 1. The zero-order valence-electron chi connectivity index (χ0n) is 10.6. The Kier molecular flexibility index (Phi) is 3.34. The number of carbonyl (C=O) groups is 1. The van der Waals surface area contributed by atoms with Crippen molar-refractivity contribution in [2.75, 3.05) is 25.2 Å². The number of carbonyl (C=O) groups excluding carboxylic acids is 1. The van der Waals surface area contributed by atoms with Crippen molar-refractivity contribution in [2.24, 2.45) is 4.99 Å². The minimum absolute atomic E-state index is 0.00560. The van der Waals surface area contributed by atoms with Crippen LogP contribution in [0.5, 0.6) is 0 Å². The maximum absolute atomic E-state index is 11.9. The first-order chi connectivity index (χ1) is 8.96. The molecule has 3 atom stereocenters. The Bertz CT molecular complexity index is 525. The summed E-state index contributed by atoms with van der Waals surface area (Å²) in [6.45, 7) is 0.619. The number of nitrogens with zero attached hydrogens (tertiary/aromatic N) is 2. The van der Waals surface area contributed by atoms with E-state index >= 15 is 0 Å². The second kappa shape index (κ2) is 4.75. The third-order valence-electron chi connectivity index (χ3n) is 3.74. The number of amidine groups is 1. The summed E-state index contributed by atoms with van der Waals surface area (Å²) in [6.07, 6.45) is 1.21. The molecule has 1 amide bonds. The predicted octanol–water partition coefficient (Wildman–Crippen LogP) is -0.108. The average molecular weight is 304 g/mol. The van der Waals surface area contributed by atoms with Crippen molar-refractivity contribution in [1.29, 1.82) is 0 Å². The number of fused-ring (bicyclic) bond motifs is 1. The average Bonchev–Trinajstić information content (AvgIpc) is 2.99. The van der Waals surface area contributed by atoms with Gasteiger partial charge < -0.3 is 9.64 Å². The summed E-state index contributed by atoms with van der Waals surface area (Å²) in [5, 5.41) is 0.636. The van der Waals surface area contributed by atoms with E-state index in [1.54, 1.807) is 7.05 Å². The van der Waals surface area contributed by atoms with Gasteiger partial charge in [-0.3, -0.25) is 4.79 Å². The van der Waals surface area contributed by atoms with Gasteiger partial charge in [0.25, 0.3) is 5.91 Å².